The highest BCUT2D eigenvalue weighted by Crippen LogP contribution is 2.25. The number of aliphatic hydroxyl groups is 1. The number of likely N-dealkylation sites (N-methyl/N-ethyl adjacent to an activating group) is 1. The van der Waals surface area contributed by atoms with Gasteiger partial charge in [0.25, 0.3) is 0 Å². The number of hydrogen-bond donors (Lipinski definition) is 2. The van der Waals surface area contributed by atoms with Crippen molar-refractivity contribution in [2.75, 3.05) is 31.6 Å². The fourth-order valence-corrected chi connectivity index (χ4v) is 3.22. The van der Waals surface area contributed by atoms with E-state index in [0.29, 0.717) is 18.3 Å². The predicted molar refractivity (Wildman–Crippen MR) is 87.1 cm³/mol. The average molecular weight is 324 g/mol. The van der Waals surface area contributed by atoms with E-state index in [-0.39, 0.29) is 13.2 Å². The second kappa shape index (κ2) is 8.26. The van der Waals surface area contributed by atoms with E-state index in [1.165, 1.54) is 17.4 Å². The van der Waals surface area contributed by atoms with Gasteiger partial charge in [-0.15, -0.1) is 0 Å². The summed E-state index contributed by atoms with van der Waals surface area (Å²) >= 11 is 0. The summed E-state index contributed by atoms with van der Waals surface area (Å²) in [4.78, 5) is 14.5. The van der Waals surface area contributed by atoms with E-state index in [4.69, 9.17) is 5.11 Å². The lowest BCUT2D eigenvalue weighted by molar-refractivity contribution is -0.135. The van der Waals surface area contributed by atoms with Crippen LogP contribution in [0.5, 0.6) is 0 Å². The lowest BCUT2D eigenvalue weighted by Crippen LogP contribution is -2.39. The summed E-state index contributed by atoms with van der Waals surface area (Å²) < 4.78 is 14.0. The third kappa shape index (κ3) is 4.91. The molecule has 6 heteroatoms. The maximum absolute atomic E-state index is 14.0. The lowest BCUT2D eigenvalue weighted by atomic mass is 9.98. The smallest absolute Gasteiger partial charge is 0.323 e. The highest BCUT2D eigenvalue weighted by molar-refractivity contribution is 5.73. The van der Waals surface area contributed by atoms with Gasteiger partial charge in [0.15, 0.2) is 0 Å². The first kappa shape index (κ1) is 17.7. The number of halogens is 1. The van der Waals surface area contributed by atoms with Crippen LogP contribution in [0.1, 0.15) is 31.2 Å². The standard InChI is InChI=1S/C17H25FN2O3/c1-19(12-17(22)23)16-10-13(5-6-15(16)18)11-20-8-3-2-4-14(20)7-9-21/h5-6,10,14,21H,2-4,7-9,11-12H2,1H3,(H,22,23). The van der Waals surface area contributed by atoms with Crippen molar-refractivity contribution in [2.45, 2.75) is 38.3 Å². The van der Waals surface area contributed by atoms with Crippen molar-refractivity contribution in [2.24, 2.45) is 0 Å². The Morgan fingerprint density at radius 2 is 2.22 bits per heavy atom. The van der Waals surface area contributed by atoms with Gasteiger partial charge in [-0.05, 0) is 43.5 Å². The van der Waals surface area contributed by atoms with Crippen LogP contribution in [0.15, 0.2) is 18.2 Å². The summed E-state index contributed by atoms with van der Waals surface area (Å²) in [6, 6.07) is 5.23. The molecule has 0 bridgehead atoms. The molecule has 2 rings (SSSR count). The van der Waals surface area contributed by atoms with Gasteiger partial charge in [0.2, 0.25) is 0 Å². The zero-order chi connectivity index (χ0) is 16.8. The van der Waals surface area contributed by atoms with Gasteiger partial charge in [-0.2, -0.15) is 0 Å². The van der Waals surface area contributed by atoms with Crippen LogP contribution in [0.2, 0.25) is 0 Å². The molecule has 0 aromatic heterocycles. The van der Waals surface area contributed by atoms with Gasteiger partial charge in [0.05, 0.1) is 5.69 Å². The van der Waals surface area contributed by atoms with E-state index in [2.05, 4.69) is 4.90 Å². The molecule has 1 aliphatic rings. The van der Waals surface area contributed by atoms with Crippen LogP contribution in [0.25, 0.3) is 0 Å². The molecule has 1 saturated heterocycles. The number of hydrogen-bond acceptors (Lipinski definition) is 4. The average Bonchev–Trinajstić information content (AvgIpc) is 2.50. The maximum atomic E-state index is 14.0. The molecule has 1 aliphatic heterocycles. The minimum absolute atomic E-state index is 0.178. The molecule has 1 atom stereocenters. The van der Waals surface area contributed by atoms with E-state index in [1.807, 2.05) is 0 Å². The lowest BCUT2D eigenvalue weighted by Gasteiger charge is -2.35. The van der Waals surface area contributed by atoms with Crippen molar-refractivity contribution in [3.63, 3.8) is 0 Å². The molecule has 1 heterocycles. The predicted octanol–water partition coefficient (Wildman–Crippen LogP) is 2.08. The molecule has 23 heavy (non-hydrogen) atoms. The van der Waals surface area contributed by atoms with E-state index in [9.17, 15) is 14.3 Å². The molecule has 5 nitrogen and oxygen atoms in total. The second-order valence-corrected chi connectivity index (χ2v) is 6.17. The highest BCUT2D eigenvalue weighted by atomic mass is 19.1. The number of nitrogens with zero attached hydrogens (tertiary/aromatic N) is 2. The zero-order valence-electron chi connectivity index (χ0n) is 13.5. The minimum atomic E-state index is -0.989. The molecule has 2 N–H and O–H groups in total. The molecule has 0 aliphatic carbocycles. The van der Waals surface area contributed by atoms with Crippen LogP contribution >= 0.6 is 0 Å². The number of rotatable bonds is 7. The molecule has 1 aromatic carbocycles. The molecule has 1 fully saturated rings. The van der Waals surface area contributed by atoms with Gasteiger partial charge < -0.3 is 15.1 Å². The van der Waals surface area contributed by atoms with Crippen LogP contribution < -0.4 is 4.90 Å². The summed E-state index contributed by atoms with van der Waals surface area (Å²) in [5, 5.41) is 18.1. The van der Waals surface area contributed by atoms with Gasteiger partial charge in [-0.25, -0.2) is 4.39 Å². The van der Waals surface area contributed by atoms with Crippen molar-refractivity contribution in [3.8, 4) is 0 Å². The van der Waals surface area contributed by atoms with Crippen molar-refractivity contribution in [1.29, 1.82) is 0 Å². The van der Waals surface area contributed by atoms with Gasteiger partial charge in [-0.1, -0.05) is 12.5 Å². The van der Waals surface area contributed by atoms with Crippen molar-refractivity contribution in [1.82, 2.24) is 4.90 Å². The Bertz CT molecular complexity index is 537. The summed E-state index contributed by atoms with van der Waals surface area (Å²) in [6.07, 6.45) is 4.15. The number of anilines is 1. The Hall–Kier alpha value is -1.66. The van der Waals surface area contributed by atoms with Gasteiger partial charge in [0, 0.05) is 26.2 Å². The minimum Gasteiger partial charge on any atom is -0.480 e. The van der Waals surface area contributed by atoms with Crippen LogP contribution in [0.4, 0.5) is 10.1 Å². The summed E-state index contributed by atoms with van der Waals surface area (Å²) in [6.45, 7) is 1.61. The molecular weight excluding hydrogens is 299 g/mol. The number of aliphatic carboxylic acids is 1. The summed E-state index contributed by atoms with van der Waals surface area (Å²) in [5.74, 6) is -1.40. The Labute approximate surface area is 136 Å². The fourth-order valence-electron chi connectivity index (χ4n) is 3.22. The molecule has 0 amide bonds. The molecule has 0 saturated carbocycles. The molecule has 1 unspecified atom stereocenters. The van der Waals surface area contributed by atoms with E-state index >= 15 is 0 Å². The SMILES string of the molecule is CN(CC(=O)O)c1cc(CN2CCCCC2CCO)ccc1F. The highest BCUT2D eigenvalue weighted by Gasteiger charge is 2.22. The number of piperidine rings is 1. The first-order valence-corrected chi connectivity index (χ1v) is 8.07. The monoisotopic (exact) mass is 324 g/mol. The van der Waals surface area contributed by atoms with Gasteiger partial charge >= 0.3 is 5.97 Å². The quantitative estimate of drug-likeness (QED) is 0.804. The van der Waals surface area contributed by atoms with Gasteiger partial charge in [0.1, 0.15) is 12.4 Å². The van der Waals surface area contributed by atoms with Crippen LogP contribution in [-0.2, 0) is 11.3 Å². The number of carbonyl (C=O) groups is 1. The summed E-state index contributed by atoms with van der Waals surface area (Å²) in [5.41, 5.74) is 1.27. The zero-order valence-corrected chi connectivity index (χ0v) is 13.5. The first-order chi connectivity index (χ1) is 11.0. The van der Waals surface area contributed by atoms with Crippen LogP contribution in [0.3, 0.4) is 0 Å². The second-order valence-electron chi connectivity index (χ2n) is 6.17. The number of carboxylic acids is 1. The van der Waals surface area contributed by atoms with Crippen molar-refractivity contribution in [3.05, 3.63) is 29.6 Å². The van der Waals surface area contributed by atoms with Crippen molar-refractivity contribution >= 4 is 11.7 Å². The van der Waals surface area contributed by atoms with E-state index in [0.717, 1.165) is 31.4 Å². The number of likely N-dealkylation sites (tertiary alicyclic amines) is 1. The Morgan fingerprint density at radius 1 is 1.43 bits per heavy atom. The Balaban J connectivity index is 2.11. The maximum Gasteiger partial charge on any atom is 0.323 e. The number of carboxylic acid groups (broad SMARTS) is 1. The largest absolute Gasteiger partial charge is 0.480 e. The van der Waals surface area contributed by atoms with Crippen molar-refractivity contribution < 1.29 is 19.4 Å². The summed E-state index contributed by atoms with van der Waals surface area (Å²) in [7, 11) is 1.58. The van der Waals surface area contributed by atoms with Gasteiger partial charge in [-0.3, -0.25) is 9.69 Å². The van der Waals surface area contributed by atoms with Crippen LogP contribution in [-0.4, -0.2) is 53.9 Å². The van der Waals surface area contributed by atoms with E-state index < -0.39 is 11.8 Å². The Morgan fingerprint density at radius 3 is 2.91 bits per heavy atom. The number of benzene rings is 1. The molecule has 1 aromatic rings. The molecular formula is C17H25FN2O3. The Kier molecular flexibility index (Phi) is 6.36. The topological polar surface area (TPSA) is 64.0 Å². The molecule has 0 spiro atoms. The van der Waals surface area contributed by atoms with Crippen LogP contribution in [0, 0.1) is 5.82 Å². The third-order valence-electron chi connectivity index (χ3n) is 4.39. The molecule has 0 radical (unpaired) electrons. The first-order valence-electron chi connectivity index (χ1n) is 8.07. The normalized spacial score (nSPS) is 18.8. The number of aliphatic hydroxyl groups excluding tert-OH is 1. The fraction of sp³-hybridized carbons (Fsp3) is 0.588. The third-order valence-corrected chi connectivity index (χ3v) is 4.39. The van der Waals surface area contributed by atoms with E-state index in [1.54, 1.807) is 19.2 Å². The molecule has 128 valence electrons.